The van der Waals surface area contributed by atoms with Crippen molar-refractivity contribution in [1.82, 2.24) is 23.5 Å². The zero-order valence-corrected chi connectivity index (χ0v) is 14.3. The van der Waals surface area contributed by atoms with E-state index in [1.165, 1.54) is 10.6 Å². The molecule has 0 bridgehead atoms. The number of imidazole rings is 2. The number of nitrogens with zero attached hydrogens (tertiary/aromatic N) is 4. The van der Waals surface area contributed by atoms with Gasteiger partial charge in [0.05, 0.1) is 5.69 Å². The summed E-state index contributed by atoms with van der Waals surface area (Å²) in [5, 5.41) is 3.05. The number of hydrogen-bond donors (Lipinski definition) is 2. The maximum absolute atomic E-state index is 13.7. The van der Waals surface area contributed by atoms with Crippen LogP contribution in [0.15, 0.2) is 40.1 Å². The predicted molar refractivity (Wildman–Crippen MR) is 96.2 cm³/mol. The minimum Gasteiger partial charge on any atom is -0.381 e. The molecule has 8 nitrogen and oxygen atoms in total. The fourth-order valence-corrected chi connectivity index (χ4v) is 3.10. The molecule has 0 saturated heterocycles. The molecule has 134 valence electrons. The molecule has 0 atom stereocenters. The molecule has 0 aliphatic heterocycles. The molecular weight excluding hydrogens is 339 g/mol. The summed E-state index contributed by atoms with van der Waals surface area (Å²) >= 11 is 0. The molecule has 0 saturated carbocycles. The molecule has 0 radical (unpaired) electrons. The Balaban J connectivity index is 1.73. The maximum Gasteiger partial charge on any atom is 0.329 e. The molecule has 0 amide bonds. The van der Waals surface area contributed by atoms with E-state index in [0.29, 0.717) is 35.7 Å². The van der Waals surface area contributed by atoms with Crippen molar-refractivity contribution in [2.45, 2.75) is 13.5 Å². The Labute approximate surface area is 146 Å². The largest absolute Gasteiger partial charge is 0.381 e. The van der Waals surface area contributed by atoms with E-state index in [-0.39, 0.29) is 5.82 Å². The smallest absolute Gasteiger partial charge is 0.329 e. The number of hydrogen-bond acceptors (Lipinski definition) is 4. The summed E-state index contributed by atoms with van der Waals surface area (Å²) in [5.41, 5.74) is 0.999. The van der Waals surface area contributed by atoms with Crippen molar-refractivity contribution in [2.75, 3.05) is 11.9 Å². The highest BCUT2D eigenvalue weighted by molar-refractivity contribution is 5.75. The Morgan fingerprint density at radius 2 is 2.04 bits per heavy atom. The van der Waals surface area contributed by atoms with Gasteiger partial charge < -0.3 is 9.88 Å². The minimum absolute atomic E-state index is 0.310. The molecule has 0 spiro atoms. The van der Waals surface area contributed by atoms with Crippen molar-refractivity contribution in [3.63, 3.8) is 0 Å². The first-order valence-corrected chi connectivity index (χ1v) is 8.13. The Morgan fingerprint density at radius 3 is 2.81 bits per heavy atom. The summed E-state index contributed by atoms with van der Waals surface area (Å²) in [4.78, 5) is 30.7. The molecule has 3 aromatic heterocycles. The van der Waals surface area contributed by atoms with Crippen LogP contribution >= 0.6 is 0 Å². The lowest BCUT2D eigenvalue weighted by Gasteiger charge is -2.09. The molecule has 4 rings (SSSR count). The second-order valence-electron chi connectivity index (χ2n) is 6.10. The predicted octanol–water partition coefficient (Wildman–Crippen LogP) is 1.24. The van der Waals surface area contributed by atoms with Gasteiger partial charge in [-0.1, -0.05) is 12.1 Å². The number of nitrogens with one attached hydrogen (secondary N) is 2. The summed E-state index contributed by atoms with van der Waals surface area (Å²) in [6, 6.07) is 6.47. The molecule has 0 unspecified atom stereocenters. The first kappa shape index (κ1) is 16.1. The van der Waals surface area contributed by atoms with Gasteiger partial charge in [-0.05, 0) is 19.1 Å². The molecule has 3 heterocycles. The van der Waals surface area contributed by atoms with Gasteiger partial charge in [0, 0.05) is 32.0 Å². The Morgan fingerprint density at radius 1 is 1.27 bits per heavy atom. The van der Waals surface area contributed by atoms with E-state index in [2.05, 4.69) is 15.3 Å². The maximum atomic E-state index is 13.7. The van der Waals surface area contributed by atoms with Gasteiger partial charge in [0.25, 0.3) is 5.56 Å². The molecular formula is C17H17FN6O2. The average Bonchev–Trinajstić information content (AvgIpc) is 3.11. The number of anilines is 1. The van der Waals surface area contributed by atoms with E-state index in [4.69, 9.17) is 0 Å². The van der Waals surface area contributed by atoms with Crippen LogP contribution < -0.4 is 16.6 Å². The summed E-state index contributed by atoms with van der Waals surface area (Å²) < 4.78 is 18.6. The van der Waals surface area contributed by atoms with E-state index in [1.54, 1.807) is 35.8 Å². The summed E-state index contributed by atoms with van der Waals surface area (Å²) in [5.74, 6) is 0.245. The van der Waals surface area contributed by atoms with Gasteiger partial charge in [-0.25, -0.2) is 9.18 Å². The number of fused-ring (bicyclic) bond motifs is 3. The van der Waals surface area contributed by atoms with Gasteiger partial charge >= 0.3 is 5.69 Å². The summed E-state index contributed by atoms with van der Waals surface area (Å²) in [7, 11) is 1.56. The minimum atomic E-state index is -0.507. The number of para-hydroxylation sites is 1. The van der Waals surface area contributed by atoms with Gasteiger partial charge in [-0.3, -0.25) is 18.7 Å². The SMILES string of the molecule is Cc1cn2c3c(=O)[nH]c(=O)n(C)c3nc2n1CCNc1ccccc1F. The lowest BCUT2D eigenvalue weighted by Crippen LogP contribution is -2.28. The van der Waals surface area contributed by atoms with Crippen LogP contribution in [0.4, 0.5) is 10.1 Å². The van der Waals surface area contributed by atoms with Gasteiger partial charge in [0.1, 0.15) is 5.82 Å². The summed E-state index contributed by atoms with van der Waals surface area (Å²) in [6.45, 7) is 2.90. The van der Waals surface area contributed by atoms with Crippen molar-refractivity contribution in [1.29, 1.82) is 0 Å². The van der Waals surface area contributed by atoms with E-state index >= 15 is 0 Å². The van der Waals surface area contributed by atoms with Crippen LogP contribution in [0.3, 0.4) is 0 Å². The monoisotopic (exact) mass is 356 g/mol. The Kier molecular flexibility index (Phi) is 3.64. The highest BCUT2D eigenvalue weighted by atomic mass is 19.1. The van der Waals surface area contributed by atoms with Gasteiger partial charge in [-0.2, -0.15) is 4.98 Å². The second kappa shape index (κ2) is 5.87. The number of H-pyrrole nitrogens is 1. The zero-order chi connectivity index (χ0) is 18.4. The van der Waals surface area contributed by atoms with Crippen molar-refractivity contribution in [3.8, 4) is 0 Å². The van der Waals surface area contributed by atoms with Crippen LogP contribution in [-0.4, -0.2) is 30.0 Å². The third kappa shape index (κ3) is 2.40. The van der Waals surface area contributed by atoms with Gasteiger partial charge in [0.2, 0.25) is 5.78 Å². The van der Waals surface area contributed by atoms with Crippen molar-refractivity contribution in [2.24, 2.45) is 7.05 Å². The second-order valence-corrected chi connectivity index (χ2v) is 6.10. The van der Waals surface area contributed by atoms with Crippen LogP contribution in [-0.2, 0) is 13.6 Å². The highest BCUT2D eigenvalue weighted by Gasteiger charge is 2.17. The number of benzene rings is 1. The number of aromatic amines is 1. The standard InChI is InChI=1S/C17H17FN6O2/c1-10-9-24-13-14(22(2)17(26)21-15(13)25)20-16(24)23(10)8-7-19-12-6-4-3-5-11(12)18/h3-6,9,19H,7-8H2,1-2H3,(H,21,25,26). The fraction of sp³-hybridized carbons (Fsp3) is 0.235. The Bertz CT molecular complexity index is 1250. The van der Waals surface area contributed by atoms with Crippen LogP contribution in [0, 0.1) is 12.7 Å². The summed E-state index contributed by atoms with van der Waals surface area (Å²) in [6.07, 6.45) is 1.80. The van der Waals surface area contributed by atoms with Crippen LogP contribution in [0.25, 0.3) is 16.9 Å². The molecule has 9 heteroatoms. The van der Waals surface area contributed by atoms with Crippen LogP contribution in [0.1, 0.15) is 5.69 Å². The highest BCUT2D eigenvalue weighted by Crippen LogP contribution is 2.16. The van der Waals surface area contributed by atoms with E-state index < -0.39 is 11.2 Å². The lowest BCUT2D eigenvalue weighted by molar-refractivity contribution is 0.628. The fourth-order valence-electron chi connectivity index (χ4n) is 3.10. The van der Waals surface area contributed by atoms with Gasteiger partial charge in [0.15, 0.2) is 11.2 Å². The number of aromatic nitrogens is 5. The molecule has 0 fully saturated rings. The molecule has 0 aliphatic rings. The topological polar surface area (TPSA) is 89.1 Å². The van der Waals surface area contributed by atoms with Crippen molar-refractivity contribution in [3.05, 3.63) is 62.8 Å². The van der Waals surface area contributed by atoms with Crippen LogP contribution in [0.2, 0.25) is 0 Å². The van der Waals surface area contributed by atoms with E-state index in [1.807, 2.05) is 11.5 Å². The van der Waals surface area contributed by atoms with Crippen molar-refractivity contribution < 1.29 is 4.39 Å². The van der Waals surface area contributed by atoms with E-state index in [9.17, 15) is 14.0 Å². The zero-order valence-electron chi connectivity index (χ0n) is 14.3. The third-order valence-corrected chi connectivity index (χ3v) is 4.44. The number of aryl methyl sites for hydroxylation is 2. The lowest BCUT2D eigenvalue weighted by atomic mass is 10.3. The average molecular weight is 356 g/mol. The molecule has 26 heavy (non-hydrogen) atoms. The molecule has 0 aliphatic carbocycles. The van der Waals surface area contributed by atoms with Crippen molar-refractivity contribution >= 4 is 22.6 Å². The quantitative estimate of drug-likeness (QED) is 0.576. The Hall–Kier alpha value is -3.36. The number of halogens is 1. The first-order chi connectivity index (χ1) is 12.5. The van der Waals surface area contributed by atoms with Crippen LogP contribution in [0.5, 0.6) is 0 Å². The third-order valence-electron chi connectivity index (χ3n) is 4.44. The molecule has 4 aromatic rings. The molecule has 1 aromatic carbocycles. The normalized spacial score (nSPS) is 11.5. The number of rotatable bonds is 4. The van der Waals surface area contributed by atoms with Gasteiger partial charge in [-0.15, -0.1) is 0 Å². The molecule has 2 N–H and O–H groups in total. The van der Waals surface area contributed by atoms with E-state index in [0.717, 1.165) is 5.69 Å². The first-order valence-electron chi connectivity index (χ1n) is 8.13.